The van der Waals surface area contributed by atoms with E-state index in [4.69, 9.17) is 5.11 Å². The van der Waals surface area contributed by atoms with Gasteiger partial charge in [-0.1, -0.05) is 43.9 Å². The second kappa shape index (κ2) is 11.3. The van der Waals surface area contributed by atoms with Crippen molar-refractivity contribution in [1.29, 1.82) is 0 Å². The van der Waals surface area contributed by atoms with Crippen LogP contribution in [0, 0.1) is 16.0 Å². The molecule has 2 amide bonds. The van der Waals surface area contributed by atoms with E-state index < -0.39 is 22.8 Å². The molecule has 11 heteroatoms. The lowest BCUT2D eigenvalue weighted by molar-refractivity contribution is -0.385. The fraction of sp³-hybridized carbons (Fsp3) is 0.520. The van der Waals surface area contributed by atoms with Crippen LogP contribution in [0.1, 0.15) is 61.9 Å². The minimum Gasteiger partial charge on any atom is -0.481 e. The molecule has 1 saturated carbocycles. The first-order chi connectivity index (χ1) is 17.3. The Morgan fingerprint density at radius 2 is 1.92 bits per heavy atom. The Hall–Kier alpha value is -3.76. The zero-order valence-electron chi connectivity index (χ0n) is 20.1. The third-order valence-electron chi connectivity index (χ3n) is 7.15. The standard InChI is InChI=1S/C25H31N5O6/c31-23(10-9-17-5-1-2-6-17)29-15-22-19(13-21(29)25(34)26-12-11-24(32)33)27-16-28(22)14-18-7-3-4-8-20(18)30(35)36/h3-4,7-8,16-17,21H,1-2,5-6,9-15H2,(H,26,34)(H,32,33). The Morgan fingerprint density at radius 3 is 2.64 bits per heavy atom. The number of fused-ring (bicyclic) bond motifs is 1. The summed E-state index contributed by atoms with van der Waals surface area (Å²) < 4.78 is 1.80. The number of para-hydroxylation sites is 1. The van der Waals surface area contributed by atoms with Gasteiger partial charge >= 0.3 is 5.97 Å². The number of carbonyl (C=O) groups is 3. The van der Waals surface area contributed by atoms with Crippen LogP contribution in [0.4, 0.5) is 5.69 Å². The molecule has 2 aliphatic rings. The number of imidazole rings is 1. The van der Waals surface area contributed by atoms with Crippen LogP contribution in [0.25, 0.3) is 0 Å². The minimum absolute atomic E-state index is 0.0101. The van der Waals surface area contributed by atoms with Crippen molar-refractivity contribution in [2.75, 3.05) is 6.54 Å². The van der Waals surface area contributed by atoms with Crippen molar-refractivity contribution in [3.63, 3.8) is 0 Å². The summed E-state index contributed by atoms with van der Waals surface area (Å²) in [6.45, 7) is 0.364. The van der Waals surface area contributed by atoms with Crippen molar-refractivity contribution in [1.82, 2.24) is 19.8 Å². The zero-order valence-corrected chi connectivity index (χ0v) is 20.1. The highest BCUT2D eigenvalue weighted by molar-refractivity contribution is 5.88. The maximum absolute atomic E-state index is 13.3. The number of hydrogen-bond acceptors (Lipinski definition) is 6. The van der Waals surface area contributed by atoms with E-state index in [9.17, 15) is 24.5 Å². The molecule has 0 bridgehead atoms. The number of nitrogens with one attached hydrogen (secondary N) is 1. The zero-order chi connectivity index (χ0) is 25.7. The van der Waals surface area contributed by atoms with Crippen LogP contribution < -0.4 is 5.32 Å². The first-order valence-electron chi connectivity index (χ1n) is 12.4. The number of benzene rings is 1. The predicted octanol–water partition coefficient (Wildman–Crippen LogP) is 2.65. The highest BCUT2D eigenvalue weighted by Gasteiger charge is 2.37. The third kappa shape index (κ3) is 5.89. The second-order valence-corrected chi connectivity index (χ2v) is 9.52. The average molecular weight is 498 g/mol. The number of amides is 2. The molecule has 2 aromatic rings. The molecule has 0 radical (unpaired) electrons. The number of carbonyl (C=O) groups excluding carboxylic acids is 2. The summed E-state index contributed by atoms with van der Waals surface area (Å²) in [7, 11) is 0. The number of nitrogens with zero attached hydrogens (tertiary/aromatic N) is 4. The molecule has 1 aromatic carbocycles. The number of aliphatic carboxylic acids is 1. The molecule has 1 aromatic heterocycles. The second-order valence-electron chi connectivity index (χ2n) is 9.52. The molecule has 36 heavy (non-hydrogen) atoms. The SMILES string of the molecule is O=C(O)CCNC(=O)C1Cc2ncn(Cc3ccccc3[N+](=O)[O-])c2CN1C(=O)CCC1CCCC1. The monoisotopic (exact) mass is 497 g/mol. The predicted molar refractivity (Wildman–Crippen MR) is 129 cm³/mol. The molecule has 192 valence electrons. The van der Waals surface area contributed by atoms with Gasteiger partial charge in [0.05, 0.1) is 42.1 Å². The number of rotatable bonds is 10. The van der Waals surface area contributed by atoms with Crippen molar-refractivity contribution in [2.45, 2.75) is 70.5 Å². The first kappa shape index (κ1) is 25.3. The first-order valence-corrected chi connectivity index (χ1v) is 12.4. The Bertz CT molecular complexity index is 1140. The van der Waals surface area contributed by atoms with Crippen LogP contribution in [-0.4, -0.2) is 54.9 Å². The van der Waals surface area contributed by atoms with E-state index >= 15 is 0 Å². The van der Waals surface area contributed by atoms with Crippen LogP contribution in [0.15, 0.2) is 30.6 Å². The van der Waals surface area contributed by atoms with Crippen LogP contribution in [0.5, 0.6) is 0 Å². The summed E-state index contributed by atoms with van der Waals surface area (Å²) in [4.78, 5) is 54.2. The largest absolute Gasteiger partial charge is 0.481 e. The fourth-order valence-electron chi connectivity index (χ4n) is 5.19. The van der Waals surface area contributed by atoms with Crippen molar-refractivity contribution in [3.8, 4) is 0 Å². The van der Waals surface area contributed by atoms with Gasteiger partial charge < -0.3 is 19.9 Å². The van der Waals surface area contributed by atoms with Gasteiger partial charge in [-0.25, -0.2) is 4.98 Å². The highest BCUT2D eigenvalue weighted by atomic mass is 16.6. The van der Waals surface area contributed by atoms with Gasteiger partial charge in [-0.05, 0) is 12.3 Å². The van der Waals surface area contributed by atoms with E-state index in [2.05, 4.69) is 10.3 Å². The number of hydrogen-bond donors (Lipinski definition) is 2. The average Bonchev–Trinajstić information content (AvgIpc) is 3.51. The topological polar surface area (TPSA) is 148 Å². The van der Waals surface area contributed by atoms with E-state index in [1.54, 1.807) is 34.0 Å². The van der Waals surface area contributed by atoms with Crippen LogP contribution in [0.2, 0.25) is 0 Å². The molecular formula is C25H31N5O6. The Morgan fingerprint density at radius 1 is 1.17 bits per heavy atom. The Labute approximate surface area is 208 Å². The molecular weight excluding hydrogens is 466 g/mol. The molecule has 4 rings (SSSR count). The molecule has 11 nitrogen and oxygen atoms in total. The van der Waals surface area contributed by atoms with Gasteiger partial charge in [-0.3, -0.25) is 24.5 Å². The summed E-state index contributed by atoms with van der Waals surface area (Å²) in [5, 5.41) is 23.0. The lowest BCUT2D eigenvalue weighted by atomic mass is 9.98. The summed E-state index contributed by atoms with van der Waals surface area (Å²) >= 11 is 0. The Kier molecular flexibility index (Phi) is 7.97. The van der Waals surface area contributed by atoms with Gasteiger partial charge in [-0.2, -0.15) is 0 Å². The maximum Gasteiger partial charge on any atom is 0.305 e. The number of nitro benzene ring substituents is 1. The van der Waals surface area contributed by atoms with Gasteiger partial charge in [-0.15, -0.1) is 0 Å². The molecule has 0 saturated heterocycles. The molecule has 2 N–H and O–H groups in total. The van der Waals surface area contributed by atoms with Crippen molar-refractivity contribution in [2.24, 2.45) is 5.92 Å². The van der Waals surface area contributed by atoms with E-state index in [1.165, 1.54) is 18.9 Å². The number of nitro groups is 1. The minimum atomic E-state index is -1.01. The molecule has 1 aliphatic carbocycles. The maximum atomic E-state index is 13.3. The van der Waals surface area contributed by atoms with Gasteiger partial charge in [0.25, 0.3) is 5.69 Å². The van der Waals surface area contributed by atoms with E-state index in [0.29, 0.717) is 23.6 Å². The van der Waals surface area contributed by atoms with Gasteiger partial charge in [0, 0.05) is 31.0 Å². The van der Waals surface area contributed by atoms with Gasteiger partial charge in [0.1, 0.15) is 6.04 Å². The number of carboxylic acids is 1. The quantitative estimate of drug-likeness (QED) is 0.379. The number of aromatic nitrogens is 2. The lowest BCUT2D eigenvalue weighted by Gasteiger charge is -2.35. The van der Waals surface area contributed by atoms with Gasteiger partial charge in [0.15, 0.2) is 0 Å². The molecule has 1 atom stereocenters. The van der Waals surface area contributed by atoms with Crippen molar-refractivity contribution in [3.05, 3.63) is 57.7 Å². The molecule has 1 unspecified atom stereocenters. The molecule has 1 aliphatic heterocycles. The highest BCUT2D eigenvalue weighted by Crippen LogP contribution is 2.30. The summed E-state index contributed by atoms with van der Waals surface area (Å²) in [6, 6.07) is 5.72. The van der Waals surface area contributed by atoms with Crippen LogP contribution >= 0.6 is 0 Å². The van der Waals surface area contributed by atoms with Gasteiger partial charge in [0.2, 0.25) is 11.8 Å². The molecule has 1 fully saturated rings. The van der Waals surface area contributed by atoms with E-state index in [-0.39, 0.29) is 44.1 Å². The summed E-state index contributed by atoms with van der Waals surface area (Å²) in [5.74, 6) is -1.01. The van der Waals surface area contributed by atoms with E-state index in [0.717, 1.165) is 25.0 Å². The smallest absolute Gasteiger partial charge is 0.305 e. The van der Waals surface area contributed by atoms with Crippen LogP contribution in [-0.2, 0) is 33.9 Å². The molecule has 0 spiro atoms. The van der Waals surface area contributed by atoms with Crippen LogP contribution in [0.3, 0.4) is 0 Å². The summed E-state index contributed by atoms with van der Waals surface area (Å²) in [5.41, 5.74) is 1.94. The van der Waals surface area contributed by atoms with Crippen molar-refractivity contribution >= 4 is 23.5 Å². The van der Waals surface area contributed by atoms with E-state index in [1.807, 2.05) is 0 Å². The number of carboxylic acid groups (broad SMARTS) is 1. The third-order valence-corrected chi connectivity index (χ3v) is 7.15. The normalized spacial score (nSPS) is 17.6. The molecule has 2 heterocycles. The Balaban J connectivity index is 1.54. The summed E-state index contributed by atoms with van der Waals surface area (Å²) in [6.07, 6.45) is 7.33. The lowest BCUT2D eigenvalue weighted by Crippen LogP contribution is -2.53. The van der Waals surface area contributed by atoms with Crippen molar-refractivity contribution < 1.29 is 24.4 Å². The fourth-order valence-corrected chi connectivity index (χ4v) is 5.19.